The van der Waals surface area contributed by atoms with E-state index in [0.29, 0.717) is 10.0 Å². The minimum Gasteiger partial charge on any atom is -0.398 e. The van der Waals surface area contributed by atoms with E-state index in [2.05, 4.69) is 4.98 Å². The molecule has 3 rings (SSSR count). The van der Waals surface area contributed by atoms with E-state index in [1.165, 1.54) is 0 Å². The maximum Gasteiger partial charge on any atom is 0.0763 e. The molecule has 106 valence electrons. The number of nitrogen functional groups attached to an aromatic ring is 1. The Morgan fingerprint density at radius 1 is 1.10 bits per heavy atom. The highest BCUT2D eigenvalue weighted by Gasteiger charge is 2.08. The van der Waals surface area contributed by atoms with Crippen LogP contribution in [0.3, 0.4) is 0 Å². The molecular formula is C16H12Cl2N2S. The molecule has 0 unspecified atom stereocenters. The van der Waals surface area contributed by atoms with Crippen LogP contribution in [-0.4, -0.2) is 4.98 Å². The van der Waals surface area contributed by atoms with E-state index in [9.17, 15) is 0 Å². The van der Waals surface area contributed by atoms with Gasteiger partial charge in [0.05, 0.1) is 10.5 Å². The average molecular weight is 335 g/mol. The lowest BCUT2D eigenvalue weighted by molar-refractivity contribution is 1.34. The number of nitrogens with two attached hydrogens (primary N) is 1. The number of benzene rings is 2. The Hall–Kier alpha value is -1.42. The number of pyridine rings is 1. The van der Waals surface area contributed by atoms with Gasteiger partial charge in [-0.3, -0.25) is 4.98 Å². The first-order valence-corrected chi connectivity index (χ1v) is 8.09. The van der Waals surface area contributed by atoms with Crippen molar-refractivity contribution in [3.8, 4) is 0 Å². The molecule has 0 aliphatic heterocycles. The Labute approximate surface area is 137 Å². The van der Waals surface area contributed by atoms with Crippen molar-refractivity contribution in [1.29, 1.82) is 0 Å². The summed E-state index contributed by atoms with van der Waals surface area (Å²) in [5, 5.41) is 2.37. The Kier molecular flexibility index (Phi) is 4.24. The second kappa shape index (κ2) is 6.14. The van der Waals surface area contributed by atoms with Crippen LogP contribution in [0.15, 0.2) is 53.6 Å². The molecule has 0 aliphatic carbocycles. The van der Waals surface area contributed by atoms with Crippen LogP contribution < -0.4 is 5.73 Å². The van der Waals surface area contributed by atoms with Crippen LogP contribution in [0.4, 0.5) is 5.69 Å². The number of thioether (sulfide) groups is 1. The molecule has 1 heterocycles. The maximum atomic E-state index is 6.19. The molecule has 2 aromatic carbocycles. The van der Waals surface area contributed by atoms with E-state index in [1.54, 1.807) is 24.0 Å². The van der Waals surface area contributed by atoms with Gasteiger partial charge in [-0.1, -0.05) is 29.3 Å². The summed E-state index contributed by atoms with van der Waals surface area (Å²) in [4.78, 5) is 5.40. The molecular weight excluding hydrogens is 323 g/mol. The van der Waals surface area contributed by atoms with Crippen LogP contribution in [0.5, 0.6) is 0 Å². The molecule has 2 nitrogen and oxygen atoms in total. The van der Waals surface area contributed by atoms with Gasteiger partial charge >= 0.3 is 0 Å². The van der Waals surface area contributed by atoms with Gasteiger partial charge < -0.3 is 5.73 Å². The summed E-state index contributed by atoms with van der Waals surface area (Å²) >= 11 is 13.8. The van der Waals surface area contributed by atoms with Crippen LogP contribution in [-0.2, 0) is 5.75 Å². The van der Waals surface area contributed by atoms with Crippen LogP contribution in [0.2, 0.25) is 10.0 Å². The largest absolute Gasteiger partial charge is 0.398 e. The topological polar surface area (TPSA) is 38.9 Å². The van der Waals surface area contributed by atoms with Gasteiger partial charge in [0.1, 0.15) is 0 Å². The number of halogens is 2. The van der Waals surface area contributed by atoms with Gasteiger partial charge in [0, 0.05) is 32.9 Å². The lowest BCUT2D eigenvalue weighted by Gasteiger charge is -2.09. The predicted molar refractivity (Wildman–Crippen MR) is 92.2 cm³/mol. The van der Waals surface area contributed by atoms with E-state index < -0.39 is 0 Å². The zero-order chi connectivity index (χ0) is 14.8. The molecule has 0 aliphatic rings. The molecule has 21 heavy (non-hydrogen) atoms. The fourth-order valence-electron chi connectivity index (χ4n) is 2.11. The smallest absolute Gasteiger partial charge is 0.0763 e. The fraction of sp³-hybridized carbons (Fsp3) is 0.0625. The molecule has 0 bridgehead atoms. The predicted octanol–water partition coefficient (Wildman–Crippen LogP) is 5.42. The summed E-state index contributed by atoms with van der Waals surface area (Å²) in [6.07, 6.45) is 1.78. The molecule has 5 heteroatoms. The van der Waals surface area contributed by atoms with Crippen molar-refractivity contribution in [1.82, 2.24) is 4.98 Å². The highest BCUT2D eigenvalue weighted by Crippen LogP contribution is 2.34. The number of aromatic nitrogens is 1. The molecule has 0 spiro atoms. The van der Waals surface area contributed by atoms with Crippen LogP contribution in [0.1, 0.15) is 5.56 Å². The van der Waals surface area contributed by atoms with Gasteiger partial charge in [-0.25, -0.2) is 0 Å². The Morgan fingerprint density at radius 2 is 1.95 bits per heavy atom. The number of hydrogen-bond donors (Lipinski definition) is 1. The van der Waals surface area contributed by atoms with Crippen molar-refractivity contribution in [3.05, 3.63) is 64.3 Å². The van der Waals surface area contributed by atoms with Gasteiger partial charge in [-0.2, -0.15) is 0 Å². The molecule has 0 amide bonds. The second-order valence-corrected chi connectivity index (χ2v) is 6.44. The first-order valence-electron chi connectivity index (χ1n) is 6.35. The average Bonchev–Trinajstić information content (AvgIpc) is 2.50. The van der Waals surface area contributed by atoms with E-state index in [-0.39, 0.29) is 0 Å². The zero-order valence-electron chi connectivity index (χ0n) is 11.0. The summed E-state index contributed by atoms with van der Waals surface area (Å²) in [6.45, 7) is 0. The number of nitrogens with zero attached hydrogens (tertiary/aromatic N) is 1. The van der Waals surface area contributed by atoms with Gasteiger partial charge in [-0.05, 0) is 42.0 Å². The quantitative estimate of drug-likeness (QED) is 0.513. The van der Waals surface area contributed by atoms with Crippen molar-refractivity contribution in [2.75, 3.05) is 5.73 Å². The number of hydrogen-bond acceptors (Lipinski definition) is 3. The van der Waals surface area contributed by atoms with Crippen LogP contribution in [0, 0.1) is 0 Å². The summed E-state index contributed by atoms with van der Waals surface area (Å²) in [7, 11) is 0. The Bertz CT molecular complexity index is 805. The molecule has 0 saturated heterocycles. The highest BCUT2D eigenvalue weighted by molar-refractivity contribution is 7.98. The maximum absolute atomic E-state index is 6.19. The second-order valence-electron chi connectivity index (χ2n) is 4.58. The Balaban J connectivity index is 1.92. The minimum absolute atomic E-state index is 0.683. The molecule has 1 aromatic heterocycles. The Morgan fingerprint density at radius 3 is 2.81 bits per heavy atom. The lowest BCUT2D eigenvalue weighted by atomic mass is 10.1. The van der Waals surface area contributed by atoms with Crippen molar-refractivity contribution >= 4 is 51.6 Å². The lowest BCUT2D eigenvalue weighted by Crippen LogP contribution is -1.92. The fourth-order valence-corrected chi connectivity index (χ4v) is 3.59. The van der Waals surface area contributed by atoms with Crippen molar-refractivity contribution < 1.29 is 0 Å². The minimum atomic E-state index is 0.683. The molecule has 0 atom stereocenters. The van der Waals surface area contributed by atoms with Crippen molar-refractivity contribution in [3.63, 3.8) is 0 Å². The van der Waals surface area contributed by atoms with E-state index >= 15 is 0 Å². The summed E-state index contributed by atoms with van der Waals surface area (Å²) in [6, 6.07) is 13.3. The summed E-state index contributed by atoms with van der Waals surface area (Å²) in [5.41, 5.74) is 8.79. The van der Waals surface area contributed by atoms with Gasteiger partial charge in [-0.15, -0.1) is 11.8 Å². The third kappa shape index (κ3) is 3.10. The summed E-state index contributed by atoms with van der Waals surface area (Å²) < 4.78 is 0. The monoisotopic (exact) mass is 334 g/mol. The van der Waals surface area contributed by atoms with Crippen molar-refractivity contribution in [2.24, 2.45) is 0 Å². The molecule has 3 aromatic rings. The van der Waals surface area contributed by atoms with Gasteiger partial charge in [0.2, 0.25) is 0 Å². The third-order valence-corrected chi connectivity index (χ3v) is 4.94. The van der Waals surface area contributed by atoms with E-state index in [0.717, 1.165) is 32.8 Å². The molecule has 0 saturated carbocycles. The van der Waals surface area contributed by atoms with Gasteiger partial charge in [0.25, 0.3) is 0 Å². The first kappa shape index (κ1) is 14.5. The zero-order valence-corrected chi connectivity index (χ0v) is 13.3. The normalized spacial score (nSPS) is 11.0. The standard InChI is InChI=1S/C16H12Cl2N2S/c17-11-4-5-13(18)15(8-11)21-9-10-3-6-14(19)12-2-1-7-20-16(10)12/h1-8H,9,19H2. The number of fused-ring (bicyclic) bond motifs is 1. The van der Waals surface area contributed by atoms with Gasteiger partial charge in [0.15, 0.2) is 0 Å². The SMILES string of the molecule is Nc1ccc(CSc2cc(Cl)ccc2Cl)c2ncccc12. The summed E-state index contributed by atoms with van der Waals surface area (Å²) in [5.74, 6) is 0.758. The molecule has 2 N–H and O–H groups in total. The number of rotatable bonds is 3. The first-order chi connectivity index (χ1) is 10.1. The van der Waals surface area contributed by atoms with Crippen LogP contribution >= 0.6 is 35.0 Å². The third-order valence-electron chi connectivity index (χ3n) is 3.16. The van der Waals surface area contributed by atoms with Crippen LogP contribution in [0.25, 0.3) is 10.9 Å². The molecule has 0 radical (unpaired) electrons. The van der Waals surface area contributed by atoms with Crippen molar-refractivity contribution in [2.45, 2.75) is 10.6 Å². The van der Waals surface area contributed by atoms with E-state index in [4.69, 9.17) is 28.9 Å². The highest BCUT2D eigenvalue weighted by atomic mass is 35.5. The van der Waals surface area contributed by atoms with E-state index in [1.807, 2.05) is 36.4 Å². The number of anilines is 1. The molecule has 0 fully saturated rings.